The van der Waals surface area contributed by atoms with E-state index in [2.05, 4.69) is 0 Å². The van der Waals surface area contributed by atoms with Crippen molar-refractivity contribution in [1.29, 1.82) is 0 Å². The van der Waals surface area contributed by atoms with Crippen LogP contribution in [0.25, 0.3) is 0 Å². The average molecular weight is 421 g/mol. The molecule has 0 unspecified atom stereocenters. The molecule has 166 valence electrons. The molecule has 1 fully saturated rings. The van der Waals surface area contributed by atoms with Crippen molar-refractivity contribution in [2.75, 3.05) is 13.7 Å². The molecule has 0 N–H and O–H groups in total. The van der Waals surface area contributed by atoms with Crippen LogP contribution in [0.3, 0.4) is 0 Å². The van der Waals surface area contributed by atoms with E-state index in [0.717, 1.165) is 0 Å². The Hall–Kier alpha value is -2.64. The maximum atomic E-state index is 6.45. The van der Waals surface area contributed by atoms with Gasteiger partial charge in [-0.15, -0.1) is 0 Å². The Kier molecular flexibility index (Phi) is 9.57. The summed E-state index contributed by atoms with van der Waals surface area (Å²) in [5.41, 5.74) is 0. The fourth-order valence-electron chi connectivity index (χ4n) is 3.26. The first-order valence-electron chi connectivity index (χ1n) is 9.98. The van der Waals surface area contributed by atoms with Crippen molar-refractivity contribution in [2.45, 2.75) is 57.9 Å². The van der Waals surface area contributed by atoms with Gasteiger partial charge in [0.15, 0.2) is 24.1 Å². The van der Waals surface area contributed by atoms with Gasteiger partial charge in [-0.3, -0.25) is 0 Å². The van der Waals surface area contributed by atoms with Gasteiger partial charge in [-0.25, -0.2) is 0 Å². The fourth-order valence-corrected chi connectivity index (χ4v) is 3.26. The van der Waals surface area contributed by atoms with E-state index in [1.165, 1.54) is 7.11 Å². The molecular formula is C23H32O7. The lowest BCUT2D eigenvalue weighted by Crippen LogP contribution is -2.65. The SMILES string of the molecule is C/C=C/OC[C@H]1O[C@@](OC)(c2ccco2)[C@@H](O/C=C/C)[C@@H](O/C=C/C)[C@@H]1O/C=C/C. The van der Waals surface area contributed by atoms with Crippen molar-refractivity contribution in [2.24, 2.45) is 0 Å². The van der Waals surface area contributed by atoms with E-state index in [-0.39, 0.29) is 6.61 Å². The van der Waals surface area contributed by atoms with Crippen molar-refractivity contribution >= 4 is 0 Å². The molecule has 1 aliphatic heterocycles. The largest absolute Gasteiger partial charge is 0.499 e. The van der Waals surface area contributed by atoms with Crippen LogP contribution in [0.5, 0.6) is 0 Å². The second-order valence-electron chi connectivity index (χ2n) is 6.47. The molecule has 2 rings (SSSR count). The smallest absolute Gasteiger partial charge is 0.270 e. The third-order valence-corrected chi connectivity index (χ3v) is 4.46. The summed E-state index contributed by atoms with van der Waals surface area (Å²) in [5.74, 6) is -0.927. The van der Waals surface area contributed by atoms with E-state index >= 15 is 0 Å². The van der Waals surface area contributed by atoms with Gasteiger partial charge in [0.05, 0.1) is 31.3 Å². The number of hydrogen-bond donors (Lipinski definition) is 0. The van der Waals surface area contributed by atoms with Gasteiger partial charge in [0.1, 0.15) is 12.7 Å². The van der Waals surface area contributed by atoms with Gasteiger partial charge in [0.25, 0.3) is 5.79 Å². The lowest BCUT2D eigenvalue weighted by Gasteiger charge is -2.49. The third-order valence-electron chi connectivity index (χ3n) is 4.46. The summed E-state index contributed by atoms with van der Waals surface area (Å²) in [6.07, 6.45) is 12.6. The quantitative estimate of drug-likeness (QED) is 0.477. The first-order chi connectivity index (χ1) is 14.7. The minimum Gasteiger partial charge on any atom is -0.499 e. The molecule has 2 heterocycles. The topological polar surface area (TPSA) is 68.5 Å². The van der Waals surface area contributed by atoms with Gasteiger partial charge in [-0.1, -0.05) is 24.3 Å². The second kappa shape index (κ2) is 12.1. The van der Waals surface area contributed by atoms with Crippen LogP contribution in [0.2, 0.25) is 0 Å². The van der Waals surface area contributed by atoms with Crippen LogP contribution in [0, 0.1) is 0 Å². The molecular weight excluding hydrogens is 388 g/mol. The monoisotopic (exact) mass is 420 g/mol. The summed E-state index contributed by atoms with van der Waals surface area (Å²) in [4.78, 5) is 0. The Morgan fingerprint density at radius 2 is 1.53 bits per heavy atom. The molecule has 1 saturated heterocycles. The van der Waals surface area contributed by atoms with Crippen LogP contribution < -0.4 is 0 Å². The molecule has 7 heteroatoms. The molecule has 30 heavy (non-hydrogen) atoms. The molecule has 1 aromatic heterocycles. The predicted molar refractivity (Wildman–Crippen MR) is 112 cm³/mol. The lowest BCUT2D eigenvalue weighted by molar-refractivity contribution is -0.372. The molecule has 0 bridgehead atoms. The molecule has 0 spiro atoms. The zero-order valence-electron chi connectivity index (χ0n) is 18.2. The number of ether oxygens (including phenoxy) is 6. The number of furan rings is 1. The molecule has 1 aliphatic rings. The van der Waals surface area contributed by atoms with Crippen LogP contribution in [0.4, 0.5) is 0 Å². The first kappa shape index (κ1) is 23.6. The Bertz CT molecular complexity index is 707. The van der Waals surface area contributed by atoms with Crippen molar-refractivity contribution < 1.29 is 32.8 Å². The minimum absolute atomic E-state index is 0.213. The Labute approximate surface area is 178 Å². The highest BCUT2D eigenvalue weighted by Crippen LogP contribution is 2.43. The fraction of sp³-hybridized carbons (Fsp3) is 0.478. The predicted octanol–water partition coefficient (Wildman–Crippen LogP) is 4.78. The van der Waals surface area contributed by atoms with Gasteiger partial charge in [0.2, 0.25) is 0 Å². The van der Waals surface area contributed by atoms with Gasteiger partial charge in [-0.05, 0) is 39.8 Å². The average Bonchev–Trinajstić information content (AvgIpc) is 3.31. The molecule has 0 saturated carbocycles. The summed E-state index contributed by atoms with van der Waals surface area (Å²) in [6.45, 7) is 7.67. The van der Waals surface area contributed by atoms with E-state index < -0.39 is 30.2 Å². The highest BCUT2D eigenvalue weighted by atomic mass is 16.7. The van der Waals surface area contributed by atoms with Crippen LogP contribution in [-0.4, -0.2) is 38.1 Å². The normalized spacial score (nSPS) is 29.9. The Balaban J connectivity index is 2.56. The summed E-state index contributed by atoms with van der Waals surface area (Å²) in [7, 11) is 1.54. The zero-order chi connectivity index (χ0) is 21.8. The second-order valence-corrected chi connectivity index (χ2v) is 6.47. The Morgan fingerprint density at radius 1 is 0.900 bits per heavy atom. The number of allylic oxidation sites excluding steroid dienone is 4. The van der Waals surface area contributed by atoms with E-state index in [1.54, 1.807) is 67.7 Å². The lowest BCUT2D eigenvalue weighted by atomic mass is 9.90. The first-order valence-corrected chi connectivity index (χ1v) is 9.98. The molecule has 0 aliphatic carbocycles. The van der Waals surface area contributed by atoms with E-state index in [0.29, 0.717) is 5.76 Å². The van der Waals surface area contributed by atoms with Crippen LogP contribution in [0.15, 0.2) is 72.2 Å². The van der Waals surface area contributed by atoms with Crippen molar-refractivity contribution in [3.63, 3.8) is 0 Å². The third kappa shape index (κ3) is 5.29. The summed E-state index contributed by atoms with van der Waals surface area (Å²) in [6, 6.07) is 3.54. The van der Waals surface area contributed by atoms with E-state index in [9.17, 15) is 0 Å². The molecule has 1 aromatic rings. The van der Waals surface area contributed by atoms with Crippen molar-refractivity contribution in [3.05, 3.63) is 73.5 Å². The zero-order valence-corrected chi connectivity index (χ0v) is 18.2. The van der Waals surface area contributed by atoms with Gasteiger partial charge in [-0.2, -0.15) is 0 Å². The molecule has 0 aromatic carbocycles. The van der Waals surface area contributed by atoms with E-state index in [1.807, 2.05) is 27.7 Å². The van der Waals surface area contributed by atoms with Gasteiger partial charge < -0.3 is 32.8 Å². The number of rotatable bonds is 11. The van der Waals surface area contributed by atoms with Crippen LogP contribution in [0.1, 0.15) is 33.5 Å². The summed E-state index contributed by atoms with van der Waals surface area (Å²) < 4.78 is 41.8. The maximum Gasteiger partial charge on any atom is 0.270 e. The molecule has 7 nitrogen and oxygen atoms in total. The van der Waals surface area contributed by atoms with Crippen molar-refractivity contribution in [1.82, 2.24) is 0 Å². The number of hydrogen-bond acceptors (Lipinski definition) is 7. The van der Waals surface area contributed by atoms with Gasteiger partial charge in [0, 0.05) is 7.11 Å². The molecule has 0 amide bonds. The summed E-state index contributed by atoms with van der Waals surface area (Å²) >= 11 is 0. The highest BCUT2D eigenvalue weighted by molar-refractivity contribution is 5.15. The van der Waals surface area contributed by atoms with Crippen LogP contribution >= 0.6 is 0 Å². The Morgan fingerprint density at radius 3 is 2.10 bits per heavy atom. The van der Waals surface area contributed by atoms with Crippen molar-refractivity contribution in [3.8, 4) is 0 Å². The molecule has 5 atom stereocenters. The number of methoxy groups -OCH3 is 1. The van der Waals surface area contributed by atoms with Crippen LogP contribution in [-0.2, 0) is 34.2 Å². The summed E-state index contributed by atoms with van der Waals surface area (Å²) in [5, 5.41) is 0. The van der Waals surface area contributed by atoms with Gasteiger partial charge >= 0.3 is 0 Å². The molecule has 0 radical (unpaired) electrons. The highest BCUT2D eigenvalue weighted by Gasteiger charge is 2.61. The standard InChI is InChI=1S/C23H32O7/c1-6-12-25-17-18-20(27-13-7-2)21(28-14-8-3)22(29-15-9-4)23(24-5,30-18)19-11-10-16-26-19/h6-16,18,20-22H,17H2,1-5H3/b12-6+,13-7+,14-8+,15-9+/t18-,20-,21+,22+,23+/m1/s1. The van der Waals surface area contributed by atoms with E-state index in [4.69, 9.17) is 32.8 Å². The minimum atomic E-state index is -1.38. The maximum absolute atomic E-state index is 6.45.